The van der Waals surface area contributed by atoms with Crippen LogP contribution >= 0.6 is 0 Å². The minimum atomic E-state index is -2.96. The van der Waals surface area contributed by atoms with Gasteiger partial charge in [0.25, 0.3) is 0 Å². The fourth-order valence-electron chi connectivity index (χ4n) is 3.09. The molecule has 2 fully saturated rings. The van der Waals surface area contributed by atoms with Crippen molar-refractivity contribution in [1.29, 1.82) is 0 Å². The van der Waals surface area contributed by atoms with Crippen molar-refractivity contribution in [3.05, 3.63) is 0 Å². The third-order valence-electron chi connectivity index (χ3n) is 4.56. The zero-order valence-electron chi connectivity index (χ0n) is 14.3. The molecule has 7 nitrogen and oxygen atoms in total. The number of rotatable bonds is 6. The number of hydrogen-bond acceptors (Lipinski definition) is 4. The quantitative estimate of drug-likeness (QED) is 0.522. The average molecular weight is 344 g/mol. The van der Waals surface area contributed by atoms with E-state index in [-0.39, 0.29) is 23.1 Å². The van der Waals surface area contributed by atoms with Gasteiger partial charge in [0.05, 0.1) is 5.75 Å². The zero-order chi connectivity index (χ0) is 17.1. The van der Waals surface area contributed by atoms with Crippen LogP contribution < -0.4 is 10.6 Å². The summed E-state index contributed by atoms with van der Waals surface area (Å²) in [5.74, 6) is 1.09. The van der Waals surface area contributed by atoms with Gasteiger partial charge in [0, 0.05) is 50.8 Å². The van der Waals surface area contributed by atoms with E-state index < -0.39 is 9.84 Å². The van der Waals surface area contributed by atoms with Gasteiger partial charge in [0.15, 0.2) is 5.96 Å². The first-order chi connectivity index (χ1) is 10.8. The summed E-state index contributed by atoms with van der Waals surface area (Å²) >= 11 is 0. The summed E-state index contributed by atoms with van der Waals surface area (Å²) in [7, 11) is -1.26. The van der Waals surface area contributed by atoms with Crippen LogP contribution in [-0.2, 0) is 14.6 Å². The van der Waals surface area contributed by atoms with E-state index in [0.717, 1.165) is 25.8 Å². The molecule has 1 aliphatic heterocycles. The van der Waals surface area contributed by atoms with E-state index in [1.807, 2.05) is 11.8 Å². The van der Waals surface area contributed by atoms with Crippen LogP contribution in [0, 0.1) is 5.41 Å². The number of sulfone groups is 1. The van der Waals surface area contributed by atoms with E-state index in [9.17, 15) is 13.2 Å². The number of hydrogen-bond donors (Lipinski definition) is 2. The van der Waals surface area contributed by atoms with Crippen molar-refractivity contribution in [3.8, 4) is 0 Å². The van der Waals surface area contributed by atoms with Crippen molar-refractivity contribution in [2.75, 3.05) is 38.7 Å². The first-order valence-corrected chi connectivity index (χ1v) is 10.3. The first-order valence-electron chi connectivity index (χ1n) is 8.19. The zero-order valence-corrected chi connectivity index (χ0v) is 15.1. The maximum Gasteiger partial charge on any atom is 0.222 e. The van der Waals surface area contributed by atoms with Gasteiger partial charge in [0.1, 0.15) is 9.84 Å². The van der Waals surface area contributed by atoms with Gasteiger partial charge in [-0.15, -0.1) is 0 Å². The lowest BCUT2D eigenvalue weighted by Gasteiger charge is -2.21. The molecule has 0 aromatic carbocycles. The van der Waals surface area contributed by atoms with Gasteiger partial charge in [-0.2, -0.15) is 0 Å². The number of carbonyl (C=O) groups excluding carboxylic acids is 1. The highest BCUT2D eigenvalue weighted by Crippen LogP contribution is 2.45. The number of guanidine groups is 1. The van der Waals surface area contributed by atoms with E-state index >= 15 is 0 Å². The van der Waals surface area contributed by atoms with Crippen molar-refractivity contribution in [1.82, 2.24) is 15.5 Å². The molecule has 0 radical (unpaired) electrons. The van der Waals surface area contributed by atoms with Crippen molar-refractivity contribution in [3.63, 3.8) is 0 Å². The standard InChI is InChI=1S/C15H28N4O3S/c1-4-13(20)19-8-5-12(9-19)18-14(16-2)17-10-15(6-7-15)11-23(3,21)22/h12H,4-11H2,1-3H3,(H2,16,17,18). The molecule has 1 saturated carbocycles. The molecule has 1 unspecified atom stereocenters. The predicted octanol–water partition coefficient (Wildman–Crippen LogP) is -0.0129. The van der Waals surface area contributed by atoms with Gasteiger partial charge in [-0.1, -0.05) is 6.92 Å². The SMILES string of the molecule is CCC(=O)N1CCC(NC(=NC)NCC2(CS(C)(=O)=O)CC2)C1. The molecule has 23 heavy (non-hydrogen) atoms. The van der Waals surface area contributed by atoms with E-state index in [1.165, 1.54) is 6.26 Å². The molecule has 0 aromatic heterocycles. The topological polar surface area (TPSA) is 90.9 Å². The lowest BCUT2D eigenvalue weighted by Crippen LogP contribution is -2.47. The van der Waals surface area contributed by atoms with Gasteiger partial charge in [-0.3, -0.25) is 9.79 Å². The van der Waals surface area contributed by atoms with Crippen LogP contribution in [0.25, 0.3) is 0 Å². The Morgan fingerprint density at radius 3 is 2.61 bits per heavy atom. The number of amides is 1. The summed E-state index contributed by atoms with van der Waals surface area (Å²) in [4.78, 5) is 17.8. The second-order valence-electron chi connectivity index (χ2n) is 6.82. The summed E-state index contributed by atoms with van der Waals surface area (Å²) in [5, 5.41) is 6.58. The molecule has 0 bridgehead atoms. The van der Waals surface area contributed by atoms with E-state index in [0.29, 0.717) is 25.5 Å². The normalized spacial score (nSPS) is 23.7. The second-order valence-corrected chi connectivity index (χ2v) is 8.96. The van der Waals surface area contributed by atoms with Crippen molar-refractivity contribution >= 4 is 21.7 Å². The molecular formula is C15H28N4O3S. The van der Waals surface area contributed by atoms with Gasteiger partial charge >= 0.3 is 0 Å². The minimum absolute atomic E-state index is 0.134. The van der Waals surface area contributed by atoms with Crippen LogP contribution in [0.15, 0.2) is 4.99 Å². The summed E-state index contributed by atoms with van der Waals surface area (Å²) in [6.45, 7) is 3.96. The van der Waals surface area contributed by atoms with Crippen LogP contribution in [0.1, 0.15) is 32.6 Å². The van der Waals surface area contributed by atoms with Crippen LogP contribution in [0.5, 0.6) is 0 Å². The lowest BCUT2D eigenvalue weighted by molar-refractivity contribution is -0.129. The number of nitrogens with one attached hydrogen (secondary N) is 2. The van der Waals surface area contributed by atoms with Crippen LogP contribution in [0.4, 0.5) is 0 Å². The van der Waals surface area contributed by atoms with Crippen LogP contribution in [0.3, 0.4) is 0 Å². The van der Waals surface area contributed by atoms with Crippen molar-refractivity contribution in [2.45, 2.75) is 38.6 Å². The molecule has 1 amide bonds. The Balaban J connectivity index is 1.80. The second kappa shape index (κ2) is 7.07. The maximum atomic E-state index is 11.7. The number of nitrogens with zero attached hydrogens (tertiary/aromatic N) is 2. The minimum Gasteiger partial charge on any atom is -0.356 e. The highest BCUT2D eigenvalue weighted by Gasteiger charge is 2.45. The summed E-state index contributed by atoms with van der Waals surface area (Å²) in [6, 6.07) is 0.196. The number of carbonyl (C=O) groups is 1. The molecule has 0 spiro atoms. The Morgan fingerprint density at radius 2 is 2.09 bits per heavy atom. The molecule has 1 heterocycles. The molecule has 8 heteroatoms. The van der Waals surface area contributed by atoms with Gasteiger partial charge < -0.3 is 15.5 Å². The third kappa shape index (κ3) is 5.37. The van der Waals surface area contributed by atoms with E-state index in [4.69, 9.17) is 0 Å². The fourth-order valence-corrected chi connectivity index (χ4v) is 4.60. The molecule has 132 valence electrons. The van der Waals surface area contributed by atoms with E-state index in [1.54, 1.807) is 7.05 Å². The summed E-state index contributed by atoms with van der Waals surface area (Å²) in [5.41, 5.74) is -0.134. The predicted molar refractivity (Wildman–Crippen MR) is 91.2 cm³/mol. The van der Waals surface area contributed by atoms with Gasteiger partial charge in [0.2, 0.25) is 5.91 Å². The van der Waals surface area contributed by atoms with Gasteiger partial charge in [-0.25, -0.2) is 8.42 Å². The van der Waals surface area contributed by atoms with Crippen molar-refractivity contribution in [2.24, 2.45) is 10.4 Å². The van der Waals surface area contributed by atoms with E-state index in [2.05, 4.69) is 15.6 Å². The molecule has 1 atom stereocenters. The molecule has 0 aromatic rings. The van der Waals surface area contributed by atoms with Crippen LogP contribution in [0.2, 0.25) is 0 Å². The van der Waals surface area contributed by atoms with Crippen molar-refractivity contribution < 1.29 is 13.2 Å². The Morgan fingerprint density at radius 1 is 1.39 bits per heavy atom. The highest BCUT2D eigenvalue weighted by molar-refractivity contribution is 7.90. The Kier molecular flexibility index (Phi) is 5.54. The number of aliphatic imine (C=N–C) groups is 1. The summed E-state index contributed by atoms with van der Waals surface area (Å²) < 4.78 is 23.0. The molecular weight excluding hydrogens is 316 g/mol. The third-order valence-corrected chi connectivity index (χ3v) is 5.70. The summed E-state index contributed by atoms with van der Waals surface area (Å²) in [6.07, 6.45) is 4.60. The monoisotopic (exact) mass is 344 g/mol. The number of likely N-dealkylation sites (tertiary alicyclic amines) is 1. The maximum absolute atomic E-state index is 11.7. The smallest absolute Gasteiger partial charge is 0.222 e. The largest absolute Gasteiger partial charge is 0.356 e. The average Bonchev–Trinajstić information content (AvgIpc) is 3.07. The first kappa shape index (κ1) is 18.0. The Labute approximate surface area is 138 Å². The molecule has 2 aliphatic rings. The Hall–Kier alpha value is -1.31. The lowest BCUT2D eigenvalue weighted by atomic mass is 10.1. The Bertz CT molecular complexity index is 569. The molecule has 1 saturated heterocycles. The van der Waals surface area contributed by atoms with Gasteiger partial charge in [-0.05, 0) is 19.3 Å². The molecule has 1 aliphatic carbocycles. The molecule has 2 rings (SSSR count). The highest BCUT2D eigenvalue weighted by atomic mass is 32.2. The fraction of sp³-hybridized carbons (Fsp3) is 0.867. The van der Waals surface area contributed by atoms with Crippen LogP contribution in [-0.4, -0.2) is 69.9 Å². The molecule has 2 N–H and O–H groups in total.